The fourth-order valence-corrected chi connectivity index (χ4v) is 4.24. The first-order valence-corrected chi connectivity index (χ1v) is 10.2. The highest BCUT2D eigenvalue weighted by atomic mass is 14.8. The van der Waals surface area contributed by atoms with E-state index >= 15 is 0 Å². The molecule has 3 rings (SSSR count). The fraction of sp³-hybridized carbons (Fsp3) is 0.417. The van der Waals surface area contributed by atoms with Gasteiger partial charge in [0.15, 0.2) is 0 Å². The molecule has 0 radical (unpaired) electrons. The molecule has 3 heterocycles. The second kappa shape index (κ2) is 8.08. The number of H-pyrrole nitrogens is 1. The van der Waals surface area contributed by atoms with Crippen molar-refractivity contribution >= 4 is 23.6 Å². The Kier molecular flexibility index (Phi) is 5.79. The molecule has 1 N–H and O–H groups in total. The molecule has 0 unspecified atom stereocenters. The number of aromatic nitrogens is 1. The molecule has 142 valence electrons. The summed E-state index contributed by atoms with van der Waals surface area (Å²) in [6.45, 7) is 13.1. The minimum absolute atomic E-state index is 1.02. The van der Waals surface area contributed by atoms with E-state index in [1.807, 2.05) is 0 Å². The van der Waals surface area contributed by atoms with Crippen molar-refractivity contribution in [2.45, 2.75) is 67.2 Å². The zero-order valence-electron chi connectivity index (χ0n) is 17.5. The zero-order chi connectivity index (χ0) is 19.6. The van der Waals surface area contributed by atoms with E-state index in [9.17, 15) is 0 Å². The van der Waals surface area contributed by atoms with Gasteiger partial charge in [-0.3, -0.25) is 9.98 Å². The summed E-state index contributed by atoms with van der Waals surface area (Å²) in [6, 6.07) is 4.26. The molecule has 0 atom stereocenters. The van der Waals surface area contributed by atoms with Crippen LogP contribution in [0.1, 0.15) is 78.6 Å². The first-order valence-electron chi connectivity index (χ1n) is 10.2. The van der Waals surface area contributed by atoms with E-state index in [0.717, 1.165) is 59.9 Å². The highest BCUT2D eigenvalue weighted by molar-refractivity contribution is 6.04. The largest absolute Gasteiger partial charge is 0.355 e. The third kappa shape index (κ3) is 3.69. The number of hydrogen-bond acceptors (Lipinski definition) is 2. The van der Waals surface area contributed by atoms with Crippen LogP contribution in [0.5, 0.6) is 0 Å². The molecule has 3 nitrogen and oxygen atoms in total. The van der Waals surface area contributed by atoms with Crippen molar-refractivity contribution in [3.8, 4) is 0 Å². The Balaban J connectivity index is 1.91. The topological polar surface area (TPSA) is 40.5 Å². The van der Waals surface area contributed by atoms with E-state index in [1.54, 1.807) is 0 Å². The second-order valence-corrected chi connectivity index (χ2v) is 7.15. The van der Waals surface area contributed by atoms with E-state index < -0.39 is 0 Å². The van der Waals surface area contributed by atoms with Crippen molar-refractivity contribution in [1.82, 2.24) is 4.98 Å². The number of nitrogens with zero attached hydrogens (tertiary/aromatic N) is 2. The van der Waals surface area contributed by atoms with Gasteiger partial charge in [0.2, 0.25) is 0 Å². The maximum Gasteiger partial charge on any atom is 0.0688 e. The highest BCUT2D eigenvalue weighted by Gasteiger charge is 2.19. The first kappa shape index (κ1) is 19.3. The summed E-state index contributed by atoms with van der Waals surface area (Å²) in [5.41, 5.74) is 12.3. The van der Waals surface area contributed by atoms with Crippen molar-refractivity contribution < 1.29 is 0 Å². The van der Waals surface area contributed by atoms with Gasteiger partial charge in [-0.15, -0.1) is 0 Å². The van der Waals surface area contributed by atoms with Crippen LogP contribution in [-0.2, 0) is 0 Å². The van der Waals surface area contributed by atoms with Crippen LogP contribution < -0.4 is 0 Å². The van der Waals surface area contributed by atoms with E-state index in [-0.39, 0.29) is 0 Å². The quantitative estimate of drug-likeness (QED) is 0.574. The summed E-state index contributed by atoms with van der Waals surface area (Å²) >= 11 is 0. The van der Waals surface area contributed by atoms with Gasteiger partial charge in [0.1, 0.15) is 0 Å². The summed E-state index contributed by atoms with van der Waals surface area (Å²) < 4.78 is 0. The molecular formula is C24H31N3. The van der Waals surface area contributed by atoms with Crippen LogP contribution in [0.3, 0.4) is 0 Å². The van der Waals surface area contributed by atoms with Crippen molar-refractivity contribution in [3.63, 3.8) is 0 Å². The maximum absolute atomic E-state index is 4.80. The molecule has 0 fully saturated rings. The third-order valence-electron chi connectivity index (χ3n) is 5.53. The van der Waals surface area contributed by atoms with Gasteiger partial charge >= 0.3 is 0 Å². The number of nitrogens with one attached hydrogen (secondary N) is 1. The fourth-order valence-electron chi connectivity index (χ4n) is 4.24. The third-order valence-corrected chi connectivity index (χ3v) is 5.53. The summed E-state index contributed by atoms with van der Waals surface area (Å²) in [7, 11) is 0. The van der Waals surface area contributed by atoms with Crippen molar-refractivity contribution in [2.24, 2.45) is 9.98 Å². The first-order chi connectivity index (χ1) is 13.0. The van der Waals surface area contributed by atoms with Crippen LogP contribution in [0.2, 0.25) is 0 Å². The molecule has 0 spiro atoms. The molecular weight excluding hydrogens is 330 g/mol. The molecule has 1 aromatic heterocycles. The lowest BCUT2D eigenvalue weighted by Crippen LogP contribution is -1.93. The van der Waals surface area contributed by atoms with E-state index in [4.69, 9.17) is 9.98 Å². The van der Waals surface area contributed by atoms with Gasteiger partial charge in [-0.2, -0.15) is 0 Å². The van der Waals surface area contributed by atoms with Gasteiger partial charge in [-0.25, -0.2) is 0 Å². The number of hydrogen-bond donors (Lipinski definition) is 1. The highest BCUT2D eigenvalue weighted by Crippen LogP contribution is 2.32. The van der Waals surface area contributed by atoms with Gasteiger partial charge in [0.05, 0.1) is 11.4 Å². The monoisotopic (exact) mass is 361 g/mol. The number of aliphatic imine (C=N–C) groups is 2. The molecule has 0 aliphatic carbocycles. The van der Waals surface area contributed by atoms with Gasteiger partial charge in [0, 0.05) is 22.8 Å². The smallest absolute Gasteiger partial charge is 0.0688 e. The standard InChI is InChI=1S/C24H31N3/c1-7-19-15(5)25-23(21(19)9-3)13-17-11-12-18(27-17)14-24-22(10-4)20(8-2)16(6)26-24/h11-14,27H,7-10H2,1-6H3/b23-13-,24-14-. The Labute approximate surface area is 163 Å². The Morgan fingerprint density at radius 1 is 0.667 bits per heavy atom. The SMILES string of the molecule is CCC1=C(CC)/C(=C/c2ccc(/C=C3\N=C(C)C(CC)=C3CC)[nH]2)N=C1C. The van der Waals surface area contributed by atoms with Crippen LogP contribution >= 0.6 is 0 Å². The number of aromatic amines is 1. The molecule has 0 bridgehead atoms. The molecule has 0 amide bonds. The average molecular weight is 362 g/mol. The Morgan fingerprint density at radius 3 is 1.37 bits per heavy atom. The Morgan fingerprint density at radius 2 is 1.04 bits per heavy atom. The number of rotatable bonds is 6. The zero-order valence-corrected chi connectivity index (χ0v) is 17.5. The van der Waals surface area contributed by atoms with E-state index in [1.165, 1.54) is 22.3 Å². The lowest BCUT2D eigenvalue weighted by atomic mass is 10.0. The van der Waals surface area contributed by atoms with Crippen molar-refractivity contribution in [1.29, 1.82) is 0 Å². The Hall–Kier alpha value is -2.42. The molecule has 3 heteroatoms. The average Bonchev–Trinajstić information content (AvgIpc) is 3.30. The van der Waals surface area contributed by atoms with Crippen molar-refractivity contribution in [3.05, 3.63) is 57.2 Å². The van der Waals surface area contributed by atoms with Gasteiger partial charge in [0.25, 0.3) is 0 Å². The second-order valence-electron chi connectivity index (χ2n) is 7.15. The Bertz CT molecular complexity index is 852. The predicted octanol–water partition coefficient (Wildman–Crippen LogP) is 6.88. The van der Waals surface area contributed by atoms with Gasteiger partial charge in [-0.05, 0) is 86.1 Å². The van der Waals surface area contributed by atoms with E-state index in [2.05, 4.69) is 70.8 Å². The molecule has 0 aromatic carbocycles. The minimum Gasteiger partial charge on any atom is -0.355 e. The molecule has 2 aliphatic heterocycles. The van der Waals surface area contributed by atoms with Crippen LogP contribution in [0.25, 0.3) is 12.2 Å². The minimum atomic E-state index is 1.02. The lowest BCUT2D eigenvalue weighted by molar-refractivity contribution is 1.06. The van der Waals surface area contributed by atoms with Crippen LogP contribution in [0.4, 0.5) is 0 Å². The molecule has 2 aliphatic rings. The van der Waals surface area contributed by atoms with Gasteiger partial charge < -0.3 is 4.98 Å². The maximum atomic E-state index is 4.80. The summed E-state index contributed by atoms with van der Waals surface area (Å²) in [6.07, 6.45) is 8.47. The van der Waals surface area contributed by atoms with Crippen molar-refractivity contribution in [2.75, 3.05) is 0 Å². The van der Waals surface area contributed by atoms with E-state index in [0.29, 0.717) is 0 Å². The van der Waals surface area contributed by atoms with Crippen LogP contribution in [0, 0.1) is 0 Å². The van der Waals surface area contributed by atoms with Crippen LogP contribution in [-0.4, -0.2) is 16.4 Å². The number of allylic oxidation sites excluding steroid dienone is 4. The molecule has 27 heavy (non-hydrogen) atoms. The summed E-state index contributed by atoms with van der Waals surface area (Å²) in [5.74, 6) is 0. The molecule has 1 aromatic rings. The predicted molar refractivity (Wildman–Crippen MR) is 118 cm³/mol. The molecule has 0 saturated heterocycles. The summed E-state index contributed by atoms with van der Waals surface area (Å²) in [4.78, 5) is 13.1. The normalized spacial score (nSPS) is 20.4. The van der Waals surface area contributed by atoms with Gasteiger partial charge in [-0.1, -0.05) is 27.7 Å². The summed E-state index contributed by atoms with van der Waals surface area (Å²) in [5, 5.41) is 0. The lowest BCUT2D eigenvalue weighted by Gasteiger charge is -2.04. The van der Waals surface area contributed by atoms with Crippen LogP contribution in [0.15, 0.2) is 55.8 Å². The molecule has 0 saturated carbocycles.